The molecule has 2 rings (SSSR count). The van der Waals surface area contributed by atoms with Gasteiger partial charge in [0.1, 0.15) is 0 Å². The lowest BCUT2D eigenvalue weighted by Crippen LogP contribution is -2.01. The molecule has 0 fully saturated rings. The quantitative estimate of drug-likeness (QED) is 0.773. The maximum absolute atomic E-state index is 11.2. The van der Waals surface area contributed by atoms with Crippen molar-refractivity contribution in [3.05, 3.63) is 65.5 Å². The first-order valence-electron chi connectivity index (χ1n) is 5.57. The van der Waals surface area contributed by atoms with Crippen LogP contribution >= 0.6 is 0 Å². The largest absolute Gasteiger partial charge is 0.465 e. The fourth-order valence-corrected chi connectivity index (χ4v) is 1.49. The van der Waals surface area contributed by atoms with Gasteiger partial charge in [-0.3, -0.25) is 4.98 Å². The van der Waals surface area contributed by atoms with E-state index in [0.717, 1.165) is 11.3 Å². The Morgan fingerprint density at radius 2 is 1.89 bits per heavy atom. The van der Waals surface area contributed by atoms with E-state index in [0.29, 0.717) is 5.56 Å². The normalized spacial score (nSPS) is 10.5. The Labute approximate surface area is 106 Å². The molecule has 0 unspecified atom stereocenters. The highest BCUT2D eigenvalue weighted by atomic mass is 16.5. The number of pyridine rings is 1. The predicted octanol–water partition coefficient (Wildman–Crippen LogP) is 3.04. The van der Waals surface area contributed by atoms with E-state index in [1.807, 2.05) is 42.5 Å². The molecule has 0 saturated heterocycles. The van der Waals surface area contributed by atoms with Crippen LogP contribution in [0.4, 0.5) is 0 Å². The summed E-state index contributed by atoms with van der Waals surface area (Å²) < 4.78 is 4.61. The average molecular weight is 239 g/mol. The van der Waals surface area contributed by atoms with E-state index in [2.05, 4.69) is 9.72 Å². The number of carbonyl (C=O) groups excluding carboxylic acids is 1. The molecule has 0 saturated carbocycles. The lowest BCUT2D eigenvalue weighted by atomic mass is 10.2. The van der Waals surface area contributed by atoms with Gasteiger partial charge in [0.05, 0.1) is 18.4 Å². The number of nitrogens with zero attached hydrogens (tertiary/aromatic N) is 1. The molecule has 18 heavy (non-hydrogen) atoms. The summed E-state index contributed by atoms with van der Waals surface area (Å²) in [5.41, 5.74) is 2.36. The SMILES string of the molecule is COC(=O)c1ccc(C=Cc2ccccc2)nc1. The second kappa shape index (κ2) is 5.77. The molecule has 0 amide bonds. The van der Waals surface area contributed by atoms with E-state index >= 15 is 0 Å². The second-order valence-electron chi connectivity index (χ2n) is 3.71. The average Bonchev–Trinajstić information content (AvgIpc) is 2.46. The molecule has 0 bridgehead atoms. The lowest BCUT2D eigenvalue weighted by Gasteiger charge is -1.98. The van der Waals surface area contributed by atoms with Crippen molar-refractivity contribution in [3.8, 4) is 0 Å². The summed E-state index contributed by atoms with van der Waals surface area (Å²) in [6.45, 7) is 0. The molecule has 3 nitrogen and oxygen atoms in total. The van der Waals surface area contributed by atoms with Gasteiger partial charge in [0.25, 0.3) is 0 Å². The van der Waals surface area contributed by atoms with Crippen LogP contribution in [0.15, 0.2) is 48.7 Å². The topological polar surface area (TPSA) is 39.2 Å². The lowest BCUT2D eigenvalue weighted by molar-refractivity contribution is 0.0600. The van der Waals surface area contributed by atoms with Crippen LogP contribution in [0.1, 0.15) is 21.6 Å². The summed E-state index contributed by atoms with van der Waals surface area (Å²) in [7, 11) is 1.35. The molecule has 0 radical (unpaired) electrons. The smallest absolute Gasteiger partial charge is 0.339 e. The van der Waals surface area contributed by atoms with E-state index in [9.17, 15) is 4.79 Å². The molecule has 0 aliphatic rings. The number of hydrogen-bond donors (Lipinski definition) is 0. The van der Waals surface area contributed by atoms with Crippen molar-refractivity contribution in [1.82, 2.24) is 4.98 Å². The number of rotatable bonds is 3. The van der Waals surface area contributed by atoms with Crippen molar-refractivity contribution in [2.75, 3.05) is 7.11 Å². The van der Waals surface area contributed by atoms with Gasteiger partial charge in [-0.05, 0) is 23.8 Å². The number of hydrogen-bond acceptors (Lipinski definition) is 3. The van der Waals surface area contributed by atoms with Gasteiger partial charge in [0.15, 0.2) is 0 Å². The number of methoxy groups -OCH3 is 1. The van der Waals surface area contributed by atoms with Crippen molar-refractivity contribution >= 4 is 18.1 Å². The number of ether oxygens (including phenoxy) is 1. The molecule has 1 aromatic heterocycles. The van der Waals surface area contributed by atoms with E-state index in [4.69, 9.17) is 0 Å². The van der Waals surface area contributed by atoms with Crippen LogP contribution in [0.2, 0.25) is 0 Å². The van der Waals surface area contributed by atoms with Crippen molar-refractivity contribution in [2.45, 2.75) is 0 Å². The molecule has 3 heteroatoms. The molecule has 1 aromatic carbocycles. The fraction of sp³-hybridized carbons (Fsp3) is 0.0667. The Hall–Kier alpha value is -2.42. The van der Waals surface area contributed by atoms with Gasteiger partial charge in [0, 0.05) is 6.20 Å². The molecule has 1 heterocycles. The van der Waals surface area contributed by atoms with E-state index in [1.165, 1.54) is 13.3 Å². The van der Waals surface area contributed by atoms with Crippen LogP contribution in [-0.2, 0) is 4.74 Å². The van der Waals surface area contributed by atoms with Crippen LogP contribution in [0.5, 0.6) is 0 Å². The molecule has 0 aliphatic carbocycles. The van der Waals surface area contributed by atoms with Crippen molar-refractivity contribution in [2.24, 2.45) is 0 Å². The zero-order chi connectivity index (χ0) is 12.8. The highest BCUT2D eigenvalue weighted by Gasteiger charge is 2.03. The molecule has 0 atom stereocenters. The number of esters is 1. The molecule has 0 aliphatic heterocycles. The van der Waals surface area contributed by atoms with Gasteiger partial charge in [-0.25, -0.2) is 4.79 Å². The van der Waals surface area contributed by atoms with Crippen LogP contribution in [0, 0.1) is 0 Å². The standard InChI is InChI=1S/C15H13NO2/c1-18-15(17)13-8-10-14(16-11-13)9-7-12-5-3-2-4-6-12/h2-11H,1H3. The third-order valence-corrected chi connectivity index (χ3v) is 2.45. The van der Waals surface area contributed by atoms with Crippen molar-refractivity contribution < 1.29 is 9.53 Å². The minimum absolute atomic E-state index is 0.374. The monoisotopic (exact) mass is 239 g/mol. The van der Waals surface area contributed by atoms with E-state index in [-0.39, 0.29) is 5.97 Å². The fourth-order valence-electron chi connectivity index (χ4n) is 1.49. The first-order chi connectivity index (χ1) is 8.79. The molecular formula is C15H13NO2. The van der Waals surface area contributed by atoms with Crippen LogP contribution in [0.3, 0.4) is 0 Å². The van der Waals surface area contributed by atoms with Crippen molar-refractivity contribution in [1.29, 1.82) is 0 Å². The van der Waals surface area contributed by atoms with Gasteiger partial charge in [-0.15, -0.1) is 0 Å². The number of carbonyl (C=O) groups is 1. The third-order valence-electron chi connectivity index (χ3n) is 2.45. The highest BCUT2D eigenvalue weighted by Crippen LogP contribution is 2.07. The molecule has 2 aromatic rings. The van der Waals surface area contributed by atoms with E-state index in [1.54, 1.807) is 12.1 Å². The maximum Gasteiger partial charge on any atom is 0.339 e. The summed E-state index contributed by atoms with van der Waals surface area (Å²) in [5.74, 6) is -0.374. The highest BCUT2D eigenvalue weighted by molar-refractivity contribution is 5.89. The summed E-state index contributed by atoms with van der Waals surface area (Å²) >= 11 is 0. The number of benzene rings is 1. The summed E-state index contributed by atoms with van der Waals surface area (Å²) in [5, 5.41) is 0. The van der Waals surface area contributed by atoms with Crippen LogP contribution in [0.25, 0.3) is 12.2 Å². The van der Waals surface area contributed by atoms with Gasteiger partial charge in [0.2, 0.25) is 0 Å². The first-order valence-corrected chi connectivity index (χ1v) is 5.57. The van der Waals surface area contributed by atoms with E-state index < -0.39 is 0 Å². The Bertz CT molecular complexity index is 544. The Morgan fingerprint density at radius 1 is 1.11 bits per heavy atom. The Morgan fingerprint density at radius 3 is 2.50 bits per heavy atom. The summed E-state index contributed by atoms with van der Waals surface area (Å²) in [4.78, 5) is 15.4. The van der Waals surface area contributed by atoms with Gasteiger partial charge in [-0.2, -0.15) is 0 Å². The molecule has 0 spiro atoms. The van der Waals surface area contributed by atoms with Gasteiger partial charge >= 0.3 is 5.97 Å². The van der Waals surface area contributed by atoms with Crippen molar-refractivity contribution in [3.63, 3.8) is 0 Å². The predicted molar refractivity (Wildman–Crippen MR) is 70.9 cm³/mol. The molecule has 0 N–H and O–H groups in total. The zero-order valence-corrected chi connectivity index (χ0v) is 10.0. The molecular weight excluding hydrogens is 226 g/mol. The van der Waals surface area contributed by atoms with Crippen LogP contribution in [-0.4, -0.2) is 18.1 Å². The van der Waals surface area contributed by atoms with Gasteiger partial charge < -0.3 is 4.74 Å². The first kappa shape index (κ1) is 12.0. The van der Waals surface area contributed by atoms with Gasteiger partial charge in [-0.1, -0.05) is 36.4 Å². The summed E-state index contributed by atoms with van der Waals surface area (Å²) in [6, 6.07) is 13.4. The zero-order valence-electron chi connectivity index (χ0n) is 10.0. The Kier molecular flexibility index (Phi) is 3.86. The summed E-state index contributed by atoms with van der Waals surface area (Å²) in [6.07, 6.45) is 5.38. The number of aromatic nitrogens is 1. The molecule has 90 valence electrons. The minimum Gasteiger partial charge on any atom is -0.465 e. The third kappa shape index (κ3) is 3.04. The maximum atomic E-state index is 11.2. The second-order valence-corrected chi connectivity index (χ2v) is 3.71. The Balaban J connectivity index is 2.11. The minimum atomic E-state index is -0.374. The van der Waals surface area contributed by atoms with Crippen LogP contribution < -0.4 is 0 Å².